The highest BCUT2D eigenvalue weighted by atomic mass is 16.6. The van der Waals surface area contributed by atoms with Gasteiger partial charge in [-0.25, -0.2) is 9.59 Å². The Morgan fingerprint density at radius 3 is 1.92 bits per heavy atom. The lowest BCUT2D eigenvalue weighted by Crippen LogP contribution is -2.48. The molecule has 0 aliphatic rings. The zero-order valence-corrected chi connectivity index (χ0v) is 16.1. The maximum absolute atomic E-state index is 12.4. The maximum Gasteiger partial charge on any atom is 0.397 e. The lowest BCUT2D eigenvalue weighted by molar-refractivity contribution is -0.165. The van der Waals surface area contributed by atoms with E-state index in [0.29, 0.717) is 5.56 Å². The van der Waals surface area contributed by atoms with Crippen LogP contribution < -0.4 is 5.32 Å². The highest BCUT2D eigenvalue weighted by Crippen LogP contribution is 2.15. The van der Waals surface area contributed by atoms with E-state index in [9.17, 15) is 19.5 Å². The largest absolute Gasteiger partial charge is 0.508 e. The third kappa shape index (κ3) is 8.00. The number of benzene rings is 1. The van der Waals surface area contributed by atoms with Gasteiger partial charge in [0.1, 0.15) is 23.0 Å². The summed E-state index contributed by atoms with van der Waals surface area (Å²) in [5, 5.41) is 11.7. The Morgan fingerprint density at radius 2 is 1.46 bits per heavy atom. The standard InChI is InChI=1S/C19H27NO6/c1-18(2,3)25-16(23)14(11-12-7-9-13(21)10-8-12)20-15(22)17(24)26-19(4,5)6/h7-10,14,21H,11H2,1-6H3,(H,20,22). The summed E-state index contributed by atoms with van der Waals surface area (Å²) in [6.07, 6.45) is 0.101. The summed E-state index contributed by atoms with van der Waals surface area (Å²) in [4.78, 5) is 36.4. The predicted octanol–water partition coefficient (Wildman–Crippen LogP) is 2.10. The molecular formula is C19H27NO6. The van der Waals surface area contributed by atoms with Crippen LogP contribution in [-0.4, -0.2) is 40.2 Å². The minimum absolute atomic E-state index is 0.0837. The number of phenolic OH excluding ortho intramolecular Hbond substituents is 1. The number of esters is 2. The average molecular weight is 365 g/mol. The minimum atomic E-state index is -1.07. The van der Waals surface area contributed by atoms with Crippen molar-refractivity contribution in [3.8, 4) is 5.75 Å². The quantitative estimate of drug-likeness (QED) is 0.626. The van der Waals surface area contributed by atoms with Crippen LogP contribution in [0.5, 0.6) is 5.75 Å². The van der Waals surface area contributed by atoms with E-state index in [1.807, 2.05) is 0 Å². The van der Waals surface area contributed by atoms with E-state index >= 15 is 0 Å². The zero-order chi connectivity index (χ0) is 20.1. The fraction of sp³-hybridized carbons (Fsp3) is 0.526. The van der Waals surface area contributed by atoms with Gasteiger partial charge < -0.3 is 19.9 Å². The number of aromatic hydroxyl groups is 1. The van der Waals surface area contributed by atoms with Crippen molar-refractivity contribution in [1.82, 2.24) is 5.32 Å². The van der Waals surface area contributed by atoms with E-state index in [1.54, 1.807) is 53.7 Å². The van der Waals surface area contributed by atoms with Gasteiger partial charge in [-0.3, -0.25) is 4.79 Å². The maximum atomic E-state index is 12.4. The topological polar surface area (TPSA) is 102 Å². The monoisotopic (exact) mass is 365 g/mol. The second-order valence-corrected chi connectivity index (χ2v) is 7.93. The van der Waals surface area contributed by atoms with Gasteiger partial charge >= 0.3 is 17.8 Å². The SMILES string of the molecule is CC(C)(C)OC(=O)C(=O)NC(Cc1ccc(O)cc1)C(=O)OC(C)(C)C. The third-order valence-corrected chi connectivity index (χ3v) is 2.96. The summed E-state index contributed by atoms with van der Waals surface area (Å²) in [6.45, 7) is 10.0. The molecule has 1 unspecified atom stereocenters. The van der Waals surface area contributed by atoms with E-state index < -0.39 is 35.1 Å². The van der Waals surface area contributed by atoms with Gasteiger partial charge in [0.05, 0.1) is 0 Å². The summed E-state index contributed by atoms with van der Waals surface area (Å²) in [5.74, 6) is -2.67. The Bertz CT molecular complexity index is 652. The van der Waals surface area contributed by atoms with Crippen molar-refractivity contribution in [2.45, 2.75) is 65.2 Å². The molecule has 26 heavy (non-hydrogen) atoms. The molecule has 0 aliphatic heterocycles. The molecule has 7 nitrogen and oxygen atoms in total. The van der Waals surface area contributed by atoms with Crippen LogP contribution in [0, 0.1) is 0 Å². The highest BCUT2D eigenvalue weighted by molar-refractivity contribution is 6.33. The van der Waals surface area contributed by atoms with Crippen LogP contribution in [0.2, 0.25) is 0 Å². The van der Waals surface area contributed by atoms with Gasteiger partial charge in [-0.1, -0.05) is 12.1 Å². The normalized spacial score (nSPS) is 12.8. The van der Waals surface area contributed by atoms with Crippen LogP contribution >= 0.6 is 0 Å². The molecule has 1 rings (SSSR count). The molecule has 1 aromatic carbocycles. The zero-order valence-electron chi connectivity index (χ0n) is 16.1. The van der Waals surface area contributed by atoms with Gasteiger partial charge in [-0.05, 0) is 59.2 Å². The molecule has 7 heteroatoms. The molecule has 1 atom stereocenters. The first-order valence-corrected chi connectivity index (χ1v) is 8.31. The first-order valence-electron chi connectivity index (χ1n) is 8.31. The summed E-state index contributed by atoms with van der Waals surface area (Å²) in [5.41, 5.74) is -0.892. The van der Waals surface area contributed by atoms with Crippen molar-refractivity contribution in [2.24, 2.45) is 0 Å². The van der Waals surface area contributed by atoms with Gasteiger partial charge in [0, 0.05) is 6.42 Å². The summed E-state index contributed by atoms with van der Waals surface area (Å²) in [6, 6.07) is 5.10. The van der Waals surface area contributed by atoms with Crippen molar-refractivity contribution in [2.75, 3.05) is 0 Å². The number of hydrogen-bond acceptors (Lipinski definition) is 6. The first kappa shape index (κ1) is 21.5. The van der Waals surface area contributed by atoms with Crippen molar-refractivity contribution in [1.29, 1.82) is 0 Å². The molecule has 0 spiro atoms. The molecule has 2 N–H and O–H groups in total. The predicted molar refractivity (Wildman–Crippen MR) is 95.4 cm³/mol. The second kappa shape index (κ2) is 8.21. The molecule has 0 heterocycles. The fourth-order valence-corrected chi connectivity index (χ4v) is 1.98. The van der Waals surface area contributed by atoms with Crippen molar-refractivity contribution in [3.63, 3.8) is 0 Å². The Balaban J connectivity index is 2.92. The Labute approximate surface area is 153 Å². The van der Waals surface area contributed by atoms with Gasteiger partial charge in [-0.15, -0.1) is 0 Å². The Kier molecular flexibility index (Phi) is 6.78. The lowest BCUT2D eigenvalue weighted by Gasteiger charge is -2.25. The van der Waals surface area contributed by atoms with Gasteiger partial charge in [-0.2, -0.15) is 0 Å². The molecule has 144 valence electrons. The molecule has 0 fully saturated rings. The fourth-order valence-electron chi connectivity index (χ4n) is 1.98. The second-order valence-electron chi connectivity index (χ2n) is 7.93. The molecular weight excluding hydrogens is 338 g/mol. The van der Waals surface area contributed by atoms with E-state index in [0.717, 1.165) is 0 Å². The summed E-state index contributed by atoms with van der Waals surface area (Å²) >= 11 is 0. The average Bonchev–Trinajstić information content (AvgIpc) is 2.45. The smallest absolute Gasteiger partial charge is 0.397 e. The van der Waals surface area contributed by atoms with E-state index in [-0.39, 0.29) is 12.2 Å². The number of phenols is 1. The summed E-state index contributed by atoms with van der Waals surface area (Å²) in [7, 11) is 0. The molecule has 0 aliphatic carbocycles. The van der Waals surface area contributed by atoms with Crippen LogP contribution in [-0.2, 0) is 30.3 Å². The van der Waals surface area contributed by atoms with E-state index in [2.05, 4.69) is 5.32 Å². The van der Waals surface area contributed by atoms with Gasteiger partial charge in [0.25, 0.3) is 0 Å². The highest BCUT2D eigenvalue weighted by Gasteiger charge is 2.31. The van der Waals surface area contributed by atoms with Gasteiger partial charge in [0.2, 0.25) is 0 Å². The van der Waals surface area contributed by atoms with Crippen LogP contribution in [0.15, 0.2) is 24.3 Å². The summed E-state index contributed by atoms with van der Waals surface area (Å²) < 4.78 is 10.3. The number of amides is 1. The van der Waals surface area contributed by atoms with Gasteiger partial charge in [0.15, 0.2) is 0 Å². The number of carbonyl (C=O) groups excluding carboxylic acids is 3. The first-order chi connectivity index (χ1) is 11.8. The molecule has 1 aromatic rings. The van der Waals surface area contributed by atoms with E-state index in [4.69, 9.17) is 9.47 Å². The van der Waals surface area contributed by atoms with Crippen molar-refractivity contribution >= 4 is 17.8 Å². The minimum Gasteiger partial charge on any atom is -0.508 e. The molecule has 1 amide bonds. The van der Waals surface area contributed by atoms with Crippen molar-refractivity contribution in [3.05, 3.63) is 29.8 Å². The number of carbonyl (C=O) groups is 3. The lowest BCUT2D eigenvalue weighted by atomic mass is 10.1. The number of ether oxygens (including phenoxy) is 2. The van der Waals surface area contributed by atoms with Crippen LogP contribution in [0.4, 0.5) is 0 Å². The molecule has 0 aromatic heterocycles. The molecule has 0 saturated heterocycles. The van der Waals surface area contributed by atoms with Crippen molar-refractivity contribution < 1.29 is 29.0 Å². The van der Waals surface area contributed by atoms with E-state index in [1.165, 1.54) is 12.1 Å². The number of nitrogens with one attached hydrogen (secondary N) is 1. The Morgan fingerprint density at radius 1 is 0.962 bits per heavy atom. The van der Waals surface area contributed by atoms with Crippen LogP contribution in [0.3, 0.4) is 0 Å². The molecule has 0 saturated carbocycles. The third-order valence-electron chi connectivity index (χ3n) is 2.96. The number of rotatable bonds is 4. The molecule has 0 radical (unpaired) electrons. The number of hydrogen-bond donors (Lipinski definition) is 2. The van der Waals surface area contributed by atoms with Crippen LogP contribution in [0.25, 0.3) is 0 Å². The molecule has 0 bridgehead atoms. The van der Waals surface area contributed by atoms with Crippen LogP contribution in [0.1, 0.15) is 47.1 Å². The Hall–Kier alpha value is -2.57.